The van der Waals surface area contributed by atoms with Crippen LogP contribution in [0, 0.1) is 6.92 Å². The van der Waals surface area contributed by atoms with E-state index < -0.39 is 24.0 Å². The molecule has 2 N–H and O–H groups in total. The molecule has 4 amide bonds. The Kier molecular flexibility index (Phi) is 4.04. The van der Waals surface area contributed by atoms with Gasteiger partial charge in [0.2, 0.25) is 0 Å². The van der Waals surface area contributed by atoms with E-state index in [0.29, 0.717) is 16.8 Å². The fraction of sp³-hybridized carbons (Fsp3) is 0.167. The molecule has 0 saturated carbocycles. The fourth-order valence-electron chi connectivity index (χ4n) is 2.70. The van der Waals surface area contributed by atoms with Gasteiger partial charge in [-0.3, -0.25) is 14.5 Å². The van der Waals surface area contributed by atoms with Gasteiger partial charge in [0.15, 0.2) is 0 Å². The number of imide groups is 1. The number of carbonyl (C=O) groups is 3. The number of nitrogens with zero attached hydrogens (tertiary/aromatic N) is 1. The molecule has 2 aromatic carbocycles. The van der Waals surface area contributed by atoms with E-state index in [4.69, 9.17) is 0 Å². The van der Waals surface area contributed by atoms with Crippen LogP contribution >= 0.6 is 0 Å². The summed E-state index contributed by atoms with van der Waals surface area (Å²) in [6.07, 6.45) is -0.762. The first kappa shape index (κ1) is 15.7. The second kappa shape index (κ2) is 6.16. The summed E-state index contributed by atoms with van der Waals surface area (Å²) >= 11 is 0. The Balaban J connectivity index is 1.69. The van der Waals surface area contributed by atoms with Gasteiger partial charge in [0.1, 0.15) is 6.17 Å². The number of hydrogen-bond donors (Lipinski definition) is 2. The molecule has 0 aromatic heterocycles. The van der Waals surface area contributed by atoms with E-state index >= 15 is 0 Å². The van der Waals surface area contributed by atoms with Gasteiger partial charge >= 0.3 is 6.03 Å². The highest BCUT2D eigenvalue weighted by Crippen LogP contribution is 2.23. The lowest BCUT2D eigenvalue weighted by atomic mass is 10.1. The third-order valence-electron chi connectivity index (χ3n) is 3.83. The Bertz CT molecular complexity index is 797. The molecule has 0 saturated heterocycles. The van der Waals surface area contributed by atoms with Crippen molar-refractivity contribution in [2.45, 2.75) is 20.0 Å². The van der Waals surface area contributed by atoms with Crippen molar-refractivity contribution in [2.75, 3.05) is 5.32 Å². The van der Waals surface area contributed by atoms with E-state index in [0.717, 1.165) is 10.5 Å². The average Bonchev–Trinajstić information content (AvgIpc) is 2.79. The van der Waals surface area contributed by atoms with Crippen LogP contribution in [0.5, 0.6) is 0 Å². The number of urea groups is 1. The molecular weight excluding hydrogens is 306 g/mol. The Morgan fingerprint density at radius 2 is 1.62 bits per heavy atom. The van der Waals surface area contributed by atoms with Crippen molar-refractivity contribution in [1.29, 1.82) is 0 Å². The van der Waals surface area contributed by atoms with E-state index in [1.54, 1.807) is 37.3 Å². The van der Waals surface area contributed by atoms with Crippen molar-refractivity contribution in [2.24, 2.45) is 0 Å². The predicted molar refractivity (Wildman–Crippen MR) is 89.7 cm³/mol. The van der Waals surface area contributed by atoms with E-state index in [1.807, 2.05) is 25.1 Å². The van der Waals surface area contributed by atoms with Gasteiger partial charge in [-0.15, -0.1) is 0 Å². The number of hydrogen-bond acceptors (Lipinski definition) is 3. The molecule has 1 aliphatic heterocycles. The molecule has 0 bridgehead atoms. The van der Waals surface area contributed by atoms with Gasteiger partial charge in [-0.2, -0.15) is 0 Å². The predicted octanol–water partition coefficient (Wildman–Crippen LogP) is 2.76. The maximum Gasteiger partial charge on any atom is 0.320 e. The standard InChI is InChI=1S/C18H17N3O3/c1-11-6-5-7-13(10-11)20-18(24)19-12(2)21-16(22)14-8-3-4-9-15(14)17(21)23/h3-10,12H,1-2H3,(H2,19,20,24). The molecule has 122 valence electrons. The molecule has 1 atom stereocenters. The molecule has 1 unspecified atom stereocenters. The van der Waals surface area contributed by atoms with E-state index in [1.165, 1.54) is 0 Å². The maximum atomic E-state index is 12.4. The summed E-state index contributed by atoms with van der Waals surface area (Å²) in [4.78, 5) is 37.9. The SMILES string of the molecule is Cc1cccc(NC(=O)NC(C)N2C(=O)c3ccccc3C2=O)c1. The lowest BCUT2D eigenvalue weighted by Gasteiger charge is -2.23. The highest BCUT2D eigenvalue weighted by molar-refractivity contribution is 6.21. The van der Waals surface area contributed by atoms with Gasteiger partial charge in [0.05, 0.1) is 11.1 Å². The van der Waals surface area contributed by atoms with Crippen LogP contribution in [0.3, 0.4) is 0 Å². The van der Waals surface area contributed by atoms with Crippen LogP contribution in [0.4, 0.5) is 10.5 Å². The van der Waals surface area contributed by atoms with Crippen molar-refractivity contribution < 1.29 is 14.4 Å². The lowest BCUT2D eigenvalue weighted by molar-refractivity contribution is 0.0581. The number of nitrogens with one attached hydrogen (secondary N) is 2. The highest BCUT2D eigenvalue weighted by Gasteiger charge is 2.38. The van der Waals surface area contributed by atoms with Crippen molar-refractivity contribution in [3.8, 4) is 0 Å². The lowest BCUT2D eigenvalue weighted by Crippen LogP contribution is -2.50. The summed E-state index contributed by atoms with van der Waals surface area (Å²) in [6, 6.07) is 13.5. The first-order chi connectivity index (χ1) is 11.5. The molecular formula is C18H17N3O3. The van der Waals surface area contributed by atoms with Crippen molar-refractivity contribution in [3.63, 3.8) is 0 Å². The van der Waals surface area contributed by atoms with Gasteiger partial charge in [-0.25, -0.2) is 4.79 Å². The minimum Gasteiger partial charge on any atom is -0.317 e. The number of aryl methyl sites for hydroxylation is 1. The summed E-state index contributed by atoms with van der Waals surface area (Å²) in [5.41, 5.74) is 2.37. The summed E-state index contributed by atoms with van der Waals surface area (Å²) in [5, 5.41) is 5.31. The van der Waals surface area contributed by atoms with E-state index in [2.05, 4.69) is 10.6 Å². The molecule has 6 nitrogen and oxygen atoms in total. The topological polar surface area (TPSA) is 78.5 Å². The van der Waals surface area contributed by atoms with Crippen molar-refractivity contribution in [3.05, 3.63) is 65.2 Å². The van der Waals surface area contributed by atoms with Crippen LogP contribution in [0.25, 0.3) is 0 Å². The average molecular weight is 323 g/mol. The van der Waals surface area contributed by atoms with Gasteiger partial charge < -0.3 is 10.6 Å². The fourth-order valence-corrected chi connectivity index (χ4v) is 2.70. The molecule has 0 fully saturated rings. The smallest absolute Gasteiger partial charge is 0.317 e. The maximum absolute atomic E-state index is 12.4. The molecule has 2 aromatic rings. The van der Waals surface area contributed by atoms with Gasteiger partial charge in [0, 0.05) is 5.69 Å². The Morgan fingerprint density at radius 3 is 2.21 bits per heavy atom. The van der Waals surface area contributed by atoms with E-state index in [-0.39, 0.29) is 0 Å². The Hall–Kier alpha value is -3.15. The number of anilines is 1. The van der Waals surface area contributed by atoms with E-state index in [9.17, 15) is 14.4 Å². The molecule has 0 aliphatic carbocycles. The quantitative estimate of drug-likeness (QED) is 0.853. The van der Waals surface area contributed by atoms with Gasteiger partial charge in [0.25, 0.3) is 11.8 Å². The van der Waals surface area contributed by atoms with Gasteiger partial charge in [-0.1, -0.05) is 24.3 Å². The molecule has 24 heavy (non-hydrogen) atoms. The summed E-state index contributed by atoms with van der Waals surface area (Å²) in [7, 11) is 0. The third kappa shape index (κ3) is 2.86. The first-order valence-electron chi connectivity index (χ1n) is 7.58. The highest BCUT2D eigenvalue weighted by atomic mass is 16.2. The largest absolute Gasteiger partial charge is 0.320 e. The molecule has 0 radical (unpaired) electrons. The first-order valence-corrected chi connectivity index (χ1v) is 7.58. The number of carbonyl (C=O) groups excluding carboxylic acids is 3. The van der Waals surface area contributed by atoms with Crippen LogP contribution < -0.4 is 10.6 Å². The minimum absolute atomic E-state index is 0.357. The van der Waals surface area contributed by atoms with Crippen molar-refractivity contribution in [1.82, 2.24) is 10.2 Å². The number of amides is 4. The molecule has 3 rings (SSSR count). The number of rotatable bonds is 3. The normalized spacial score (nSPS) is 14.3. The molecule has 1 aliphatic rings. The Labute approximate surface area is 139 Å². The van der Waals surface area contributed by atoms with Crippen LogP contribution in [0.1, 0.15) is 33.2 Å². The number of fused-ring (bicyclic) bond motifs is 1. The van der Waals surface area contributed by atoms with Crippen LogP contribution in [0.15, 0.2) is 48.5 Å². The zero-order valence-corrected chi connectivity index (χ0v) is 13.4. The monoisotopic (exact) mass is 323 g/mol. The second-order valence-electron chi connectivity index (χ2n) is 5.67. The molecule has 6 heteroatoms. The van der Waals surface area contributed by atoms with Crippen LogP contribution in [-0.2, 0) is 0 Å². The zero-order chi connectivity index (χ0) is 17.3. The Morgan fingerprint density at radius 1 is 1.00 bits per heavy atom. The summed E-state index contributed by atoms with van der Waals surface area (Å²) < 4.78 is 0. The van der Waals surface area contributed by atoms with Gasteiger partial charge in [-0.05, 0) is 43.7 Å². The summed E-state index contributed by atoms with van der Waals surface area (Å²) in [6.45, 7) is 3.52. The minimum atomic E-state index is -0.762. The second-order valence-corrected chi connectivity index (χ2v) is 5.67. The summed E-state index contributed by atoms with van der Waals surface area (Å²) in [5.74, 6) is -0.807. The third-order valence-corrected chi connectivity index (χ3v) is 3.83. The molecule has 1 heterocycles. The van der Waals surface area contributed by atoms with Crippen LogP contribution in [0.2, 0.25) is 0 Å². The number of benzene rings is 2. The van der Waals surface area contributed by atoms with Crippen molar-refractivity contribution >= 4 is 23.5 Å². The molecule has 0 spiro atoms. The van der Waals surface area contributed by atoms with Crippen LogP contribution in [-0.4, -0.2) is 28.9 Å². The zero-order valence-electron chi connectivity index (χ0n) is 13.4.